The van der Waals surface area contributed by atoms with E-state index in [0.29, 0.717) is 0 Å². The molecule has 0 spiro atoms. The van der Waals surface area contributed by atoms with Crippen molar-refractivity contribution in [3.8, 4) is 0 Å². The van der Waals surface area contributed by atoms with E-state index < -0.39 is 8.56 Å². The summed E-state index contributed by atoms with van der Waals surface area (Å²) in [5.74, 6) is 0. The van der Waals surface area contributed by atoms with E-state index in [1.807, 2.05) is 0 Å². The van der Waals surface area contributed by atoms with Crippen molar-refractivity contribution in [1.82, 2.24) is 4.90 Å². The zero-order valence-corrected chi connectivity index (χ0v) is 12.0. The topological polar surface area (TPSA) is 21.7 Å². The van der Waals surface area contributed by atoms with Gasteiger partial charge in [-0.05, 0) is 38.6 Å². The lowest BCUT2D eigenvalue weighted by Gasteiger charge is -2.23. The van der Waals surface area contributed by atoms with Crippen LogP contribution in [-0.2, 0) is 8.85 Å². The van der Waals surface area contributed by atoms with Crippen LogP contribution in [-0.4, -0.2) is 47.3 Å². The number of hydrogen-bond acceptors (Lipinski definition) is 3. The Bertz CT molecular complexity index is 148. The number of rotatable bonds is 9. The summed E-state index contributed by atoms with van der Waals surface area (Å²) in [5.41, 5.74) is 0. The first-order valence-corrected chi connectivity index (χ1v) is 8.46. The Morgan fingerprint density at radius 3 is 1.93 bits per heavy atom. The average Bonchev–Trinajstić information content (AvgIpc) is 2.29. The summed E-state index contributed by atoms with van der Waals surface area (Å²) in [6, 6.07) is 1.10. The molecule has 4 heteroatoms. The lowest BCUT2D eigenvalue weighted by Crippen LogP contribution is -2.36. The zero-order valence-electron chi connectivity index (χ0n) is 11.0. The maximum absolute atomic E-state index is 5.45. The maximum Gasteiger partial charge on any atom is 0.334 e. The van der Waals surface area contributed by atoms with Crippen LogP contribution >= 0.6 is 0 Å². The third-order valence-electron chi connectivity index (χ3n) is 3.11. The molecule has 0 fully saturated rings. The predicted octanol–water partition coefficient (Wildman–Crippen LogP) is 2.47. The van der Waals surface area contributed by atoms with Crippen LogP contribution in [0, 0.1) is 0 Å². The monoisotopic (exact) mass is 233 g/mol. The Labute approximate surface area is 96.0 Å². The molecular weight excluding hydrogens is 206 g/mol. The van der Waals surface area contributed by atoms with Gasteiger partial charge in [-0.25, -0.2) is 0 Å². The quantitative estimate of drug-likeness (QED) is 0.451. The van der Waals surface area contributed by atoms with Crippen molar-refractivity contribution >= 4 is 8.56 Å². The fraction of sp³-hybridized carbons (Fsp3) is 1.00. The smallest absolute Gasteiger partial charge is 0.334 e. The van der Waals surface area contributed by atoms with Crippen LogP contribution in [0.25, 0.3) is 0 Å². The third-order valence-corrected chi connectivity index (χ3v) is 6.10. The molecule has 0 aliphatic rings. The van der Waals surface area contributed by atoms with Gasteiger partial charge >= 0.3 is 8.56 Å². The Hall–Kier alpha value is 0.0969. The highest BCUT2D eigenvalue weighted by Crippen LogP contribution is 2.15. The van der Waals surface area contributed by atoms with Crippen molar-refractivity contribution in [1.29, 1.82) is 0 Å². The normalized spacial score (nSPS) is 12.4. The van der Waals surface area contributed by atoms with Gasteiger partial charge in [-0.3, -0.25) is 0 Å². The predicted molar refractivity (Wildman–Crippen MR) is 67.5 cm³/mol. The van der Waals surface area contributed by atoms with Gasteiger partial charge in [0.25, 0.3) is 0 Å². The van der Waals surface area contributed by atoms with E-state index in [-0.39, 0.29) is 0 Å². The Kier molecular flexibility index (Phi) is 8.33. The summed E-state index contributed by atoms with van der Waals surface area (Å²) >= 11 is 0. The minimum Gasteiger partial charge on any atom is -0.398 e. The standard InChI is InChI=1S/C11H27NO2Si/c1-6-12(7-2)10-8-9-11-15(5,13-3)14-4/h6-11H2,1-5H3. The minimum absolute atomic E-state index is 1.10. The van der Waals surface area contributed by atoms with Gasteiger partial charge in [0.2, 0.25) is 0 Å². The van der Waals surface area contributed by atoms with Crippen LogP contribution in [0.3, 0.4) is 0 Å². The lowest BCUT2D eigenvalue weighted by molar-refractivity contribution is 0.245. The van der Waals surface area contributed by atoms with E-state index in [1.165, 1.54) is 19.4 Å². The molecule has 0 aliphatic carbocycles. The fourth-order valence-corrected chi connectivity index (χ4v) is 3.08. The molecule has 15 heavy (non-hydrogen) atoms. The summed E-state index contributed by atoms with van der Waals surface area (Å²) in [6.45, 7) is 10.1. The van der Waals surface area contributed by atoms with E-state index in [0.717, 1.165) is 19.1 Å². The van der Waals surface area contributed by atoms with Gasteiger partial charge < -0.3 is 13.8 Å². The van der Waals surface area contributed by atoms with Gasteiger partial charge in [0, 0.05) is 14.2 Å². The second kappa shape index (κ2) is 8.27. The second-order valence-corrected chi connectivity index (χ2v) is 7.61. The maximum atomic E-state index is 5.45. The van der Waals surface area contributed by atoms with Crippen molar-refractivity contribution in [2.45, 2.75) is 39.3 Å². The van der Waals surface area contributed by atoms with Gasteiger partial charge in [0.15, 0.2) is 0 Å². The van der Waals surface area contributed by atoms with Crippen LogP contribution in [0.1, 0.15) is 26.7 Å². The van der Waals surface area contributed by atoms with E-state index in [2.05, 4.69) is 25.3 Å². The molecule has 0 saturated heterocycles. The molecule has 3 nitrogen and oxygen atoms in total. The molecule has 0 aromatic rings. The molecule has 0 saturated carbocycles. The molecule has 0 atom stereocenters. The van der Waals surface area contributed by atoms with Gasteiger partial charge in [-0.15, -0.1) is 0 Å². The Morgan fingerprint density at radius 2 is 1.53 bits per heavy atom. The largest absolute Gasteiger partial charge is 0.398 e. The number of nitrogens with zero attached hydrogens (tertiary/aromatic N) is 1. The molecule has 0 heterocycles. The van der Waals surface area contributed by atoms with Crippen molar-refractivity contribution < 1.29 is 8.85 Å². The van der Waals surface area contributed by atoms with E-state index in [9.17, 15) is 0 Å². The number of unbranched alkanes of at least 4 members (excludes halogenated alkanes) is 1. The van der Waals surface area contributed by atoms with E-state index >= 15 is 0 Å². The van der Waals surface area contributed by atoms with E-state index in [1.54, 1.807) is 14.2 Å². The molecule has 0 radical (unpaired) electrons. The molecule has 0 N–H and O–H groups in total. The first-order chi connectivity index (χ1) is 7.11. The number of hydrogen-bond donors (Lipinski definition) is 0. The van der Waals surface area contributed by atoms with Crippen LogP contribution in [0.5, 0.6) is 0 Å². The SMILES string of the molecule is CCN(CC)CCCC[Si](C)(OC)OC. The lowest BCUT2D eigenvalue weighted by atomic mass is 10.3. The molecule has 0 rings (SSSR count). The van der Waals surface area contributed by atoms with Crippen molar-refractivity contribution in [2.75, 3.05) is 33.9 Å². The van der Waals surface area contributed by atoms with E-state index in [4.69, 9.17) is 8.85 Å². The molecular formula is C11H27NO2Si. The summed E-state index contributed by atoms with van der Waals surface area (Å²) in [7, 11) is 1.72. The highest BCUT2D eigenvalue weighted by atomic mass is 28.4. The van der Waals surface area contributed by atoms with Gasteiger partial charge in [0.1, 0.15) is 0 Å². The summed E-state index contributed by atoms with van der Waals surface area (Å²) in [5, 5.41) is 0. The van der Waals surface area contributed by atoms with Gasteiger partial charge in [-0.2, -0.15) is 0 Å². The summed E-state index contributed by atoms with van der Waals surface area (Å²) < 4.78 is 10.9. The highest BCUT2D eigenvalue weighted by molar-refractivity contribution is 6.65. The van der Waals surface area contributed by atoms with Crippen LogP contribution in [0.2, 0.25) is 12.6 Å². The van der Waals surface area contributed by atoms with Crippen molar-refractivity contribution in [2.24, 2.45) is 0 Å². The van der Waals surface area contributed by atoms with Crippen molar-refractivity contribution in [3.05, 3.63) is 0 Å². The highest BCUT2D eigenvalue weighted by Gasteiger charge is 2.27. The molecule has 0 unspecified atom stereocenters. The summed E-state index contributed by atoms with van der Waals surface area (Å²) in [4.78, 5) is 2.46. The zero-order chi connectivity index (χ0) is 11.7. The second-order valence-electron chi connectivity index (χ2n) is 4.03. The minimum atomic E-state index is -1.81. The third kappa shape index (κ3) is 6.30. The first-order valence-electron chi connectivity index (χ1n) is 5.94. The Balaban J connectivity index is 3.60. The first kappa shape index (κ1) is 15.1. The van der Waals surface area contributed by atoms with Gasteiger partial charge in [-0.1, -0.05) is 20.3 Å². The van der Waals surface area contributed by atoms with Crippen LogP contribution < -0.4 is 0 Å². The molecule has 0 aliphatic heterocycles. The van der Waals surface area contributed by atoms with Crippen LogP contribution in [0.4, 0.5) is 0 Å². The fourth-order valence-electron chi connectivity index (χ4n) is 1.61. The van der Waals surface area contributed by atoms with Gasteiger partial charge in [0.05, 0.1) is 0 Å². The summed E-state index contributed by atoms with van der Waals surface area (Å²) in [6.07, 6.45) is 2.46. The molecule has 92 valence electrons. The molecule has 0 aromatic heterocycles. The average molecular weight is 233 g/mol. The van der Waals surface area contributed by atoms with Crippen LogP contribution in [0.15, 0.2) is 0 Å². The molecule has 0 aromatic carbocycles. The Morgan fingerprint density at radius 1 is 1.00 bits per heavy atom. The molecule has 0 bridgehead atoms. The molecule has 0 amide bonds. The van der Waals surface area contributed by atoms with Crippen molar-refractivity contribution in [3.63, 3.8) is 0 Å².